The molecule has 1 heterocycles. The van der Waals surface area contributed by atoms with Crippen LogP contribution in [0.4, 0.5) is 0 Å². The van der Waals surface area contributed by atoms with Gasteiger partial charge in [0.1, 0.15) is 6.61 Å². The Morgan fingerprint density at radius 1 is 1.38 bits per heavy atom. The second-order valence-corrected chi connectivity index (χ2v) is 4.06. The van der Waals surface area contributed by atoms with E-state index in [2.05, 4.69) is 15.8 Å². The Balaban J connectivity index is 1.89. The van der Waals surface area contributed by atoms with Crippen molar-refractivity contribution in [2.24, 2.45) is 4.99 Å². The standard InChI is InChI=1S/C10H11Cl2N3O/c11-8-2-1-3-9(12)7(8)6-16-15-10-13-4-5-14-10/h1-3H,4-6H2,(H2,13,14,15). The van der Waals surface area contributed by atoms with Crippen molar-refractivity contribution in [1.29, 1.82) is 0 Å². The van der Waals surface area contributed by atoms with E-state index >= 15 is 0 Å². The molecule has 6 heteroatoms. The third-order valence-electron chi connectivity index (χ3n) is 2.12. The third kappa shape index (κ3) is 2.78. The number of nitrogens with zero attached hydrogens (tertiary/aromatic N) is 1. The van der Waals surface area contributed by atoms with Crippen LogP contribution in [0.15, 0.2) is 23.2 Å². The van der Waals surface area contributed by atoms with E-state index in [1.165, 1.54) is 0 Å². The fourth-order valence-electron chi connectivity index (χ4n) is 1.31. The monoisotopic (exact) mass is 259 g/mol. The molecule has 1 aromatic rings. The number of guanidine groups is 1. The first-order valence-electron chi connectivity index (χ1n) is 4.86. The van der Waals surface area contributed by atoms with Gasteiger partial charge in [-0.1, -0.05) is 29.3 Å². The highest BCUT2D eigenvalue weighted by atomic mass is 35.5. The van der Waals surface area contributed by atoms with Crippen LogP contribution in [0.25, 0.3) is 0 Å². The predicted octanol–water partition coefficient (Wildman–Crippen LogP) is 1.97. The molecular weight excluding hydrogens is 249 g/mol. The van der Waals surface area contributed by atoms with E-state index in [4.69, 9.17) is 28.0 Å². The zero-order chi connectivity index (χ0) is 11.4. The van der Waals surface area contributed by atoms with E-state index in [1.54, 1.807) is 18.2 Å². The first-order chi connectivity index (χ1) is 7.77. The number of halogens is 2. The summed E-state index contributed by atoms with van der Waals surface area (Å²) in [6.07, 6.45) is 0. The molecule has 2 N–H and O–H groups in total. The summed E-state index contributed by atoms with van der Waals surface area (Å²) < 4.78 is 0. The van der Waals surface area contributed by atoms with Crippen LogP contribution in [0.5, 0.6) is 0 Å². The van der Waals surface area contributed by atoms with Gasteiger partial charge in [-0.25, -0.2) is 10.5 Å². The maximum absolute atomic E-state index is 5.99. The van der Waals surface area contributed by atoms with Crippen molar-refractivity contribution in [3.8, 4) is 0 Å². The number of hydrogen-bond acceptors (Lipinski definition) is 4. The smallest absolute Gasteiger partial charge is 0.215 e. The van der Waals surface area contributed by atoms with Crippen molar-refractivity contribution in [3.63, 3.8) is 0 Å². The van der Waals surface area contributed by atoms with Gasteiger partial charge in [-0.15, -0.1) is 0 Å². The molecule has 16 heavy (non-hydrogen) atoms. The zero-order valence-electron chi connectivity index (χ0n) is 8.46. The molecule has 0 amide bonds. The molecular formula is C10H11Cl2N3O. The highest BCUT2D eigenvalue weighted by molar-refractivity contribution is 6.35. The summed E-state index contributed by atoms with van der Waals surface area (Å²) in [5, 5.41) is 4.21. The van der Waals surface area contributed by atoms with E-state index in [0.717, 1.165) is 18.7 Å². The maximum atomic E-state index is 5.99. The molecule has 0 unspecified atom stereocenters. The highest BCUT2D eigenvalue weighted by Gasteiger charge is 2.07. The van der Waals surface area contributed by atoms with Crippen molar-refractivity contribution in [2.75, 3.05) is 13.1 Å². The lowest BCUT2D eigenvalue weighted by Crippen LogP contribution is -2.33. The van der Waals surface area contributed by atoms with Gasteiger partial charge in [-0.2, -0.15) is 0 Å². The van der Waals surface area contributed by atoms with Gasteiger partial charge in [0.25, 0.3) is 0 Å². The van der Waals surface area contributed by atoms with Crippen LogP contribution in [0.2, 0.25) is 10.0 Å². The van der Waals surface area contributed by atoms with E-state index in [0.29, 0.717) is 22.6 Å². The fraction of sp³-hybridized carbons (Fsp3) is 0.300. The summed E-state index contributed by atoms with van der Waals surface area (Å²) in [5.74, 6) is 0.642. The van der Waals surface area contributed by atoms with E-state index in [-0.39, 0.29) is 0 Å². The molecule has 0 saturated heterocycles. The van der Waals surface area contributed by atoms with E-state index in [1.807, 2.05) is 0 Å². The van der Waals surface area contributed by atoms with Crippen molar-refractivity contribution >= 4 is 29.2 Å². The minimum absolute atomic E-state index is 0.291. The predicted molar refractivity (Wildman–Crippen MR) is 64.7 cm³/mol. The Hall–Kier alpha value is -0.970. The molecule has 0 fully saturated rings. The number of nitrogens with one attached hydrogen (secondary N) is 2. The molecule has 0 atom stereocenters. The van der Waals surface area contributed by atoms with Gasteiger partial charge >= 0.3 is 0 Å². The van der Waals surface area contributed by atoms with Crippen LogP contribution >= 0.6 is 23.2 Å². The summed E-state index contributed by atoms with van der Waals surface area (Å²) >= 11 is 12.0. The van der Waals surface area contributed by atoms with Gasteiger partial charge in [0, 0.05) is 22.2 Å². The normalized spacial score (nSPS) is 14.5. The van der Waals surface area contributed by atoms with Gasteiger partial charge < -0.3 is 5.32 Å². The molecule has 1 aromatic carbocycles. The SMILES string of the molecule is Clc1cccc(Cl)c1CONC1=NCCN1. The molecule has 1 aliphatic heterocycles. The minimum Gasteiger partial charge on any atom is -0.353 e. The molecule has 0 radical (unpaired) electrons. The van der Waals surface area contributed by atoms with Gasteiger partial charge in [0.2, 0.25) is 5.96 Å². The average Bonchev–Trinajstić information content (AvgIpc) is 2.75. The van der Waals surface area contributed by atoms with Crippen LogP contribution < -0.4 is 10.8 Å². The Labute approximate surface area is 104 Å². The molecule has 4 nitrogen and oxygen atoms in total. The van der Waals surface area contributed by atoms with Crippen LogP contribution in [0.3, 0.4) is 0 Å². The summed E-state index contributed by atoms with van der Waals surface area (Å²) in [6, 6.07) is 5.35. The van der Waals surface area contributed by atoms with E-state index in [9.17, 15) is 0 Å². The third-order valence-corrected chi connectivity index (χ3v) is 2.83. The van der Waals surface area contributed by atoms with Crippen molar-refractivity contribution in [2.45, 2.75) is 6.61 Å². The van der Waals surface area contributed by atoms with Crippen LogP contribution in [-0.2, 0) is 11.4 Å². The number of benzene rings is 1. The molecule has 86 valence electrons. The lowest BCUT2D eigenvalue weighted by molar-refractivity contribution is 0.0695. The number of hydroxylamine groups is 1. The van der Waals surface area contributed by atoms with Gasteiger partial charge in [-0.3, -0.25) is 4.84 Å². The van der Waals surface area contributed by atoms with Gasteiger partial charge in [0.05, 0.1) is 6.54 Å². The first-order valence-corrected chi connectivity index (χ1v) is 5.62. The summed E-state index contributed by atoms with van der Waals surface area (Å²) in [5.41, 5.74) is 3.47. The summed E-state index contributed by atoms with van der Waals surface area (Å²) in [4.78, 5) is 9.37. The number of rotatable bonds is 3. The fourth-order valence-corrected chi connectivity index (χ4v) is 1.82. The summed E-state index contributed by atoms with van der Waals surface area (Å²) in [6.45, 7) is 1.89. The van der Waals surface area contributed by atoms with Gasteiger partial charge in [-0.05, 0) is 12.1 Å². The van der Waals surface area contributed by atoms with Gasteiger partial charge in [0.15, 0.2) is 0 Å². The maximum Gasteiger partial charge on any atom is 0.215 e. The molecule has 0 bridgehead atoms. The molecule has 2 rings (SSSR count). The van der Waals surface area contributed by atoms with Crippen LogP contribution in [0.1, 0.15) is 5.56 Å². The Bertz CT molecular complexity index is 389. The molecule has 0 saturated carbocycles. The summed E-state index contributed by atoms with van der Waals surface area (Å²) in [7, 11) is 0. The van der Waals surface area contributed by atoms with Crippen LogP contribution in [0, 0.1) is 0 Å². The Morgan fingerprint density at radius 2 is 2.12 bits per heavy atom. The average molecular weight is 260 g/mol. The van der Waals surface area contributed by atoms with Crippen molar-refractivity contribution in [3.05, 3.63) is 33.8 Å². The first kappa shape index (κ1) is 11.5. The van der Waals surface area contributed by atoms with Crippen LogP contribution in [-0.4, -0.2) is 19.0 Å². The molecule has 0 spiro atoms. The Morgan fingerprint density at radius 3 is 2.75 bits per heavy atom. The quantitative estimate of drug-likeness (QED) is 0.817. The lowest BCUT2D eigenvalue weighted by Gasteiger charge is -2.09. The van der Waals surface area contributed by atoms with Crippen molar-refractivity contribution < 1.29 is 4.84 Å². The largest absolute Gasteiger partial charge is 0.353 e. The second-order valence-electron chi connectivity index (χ2n) is 3.25. The topological polar surface area (TPSA) is 45.6 Å². The Kier molecular flexibility index (Phi) is 3.88. The number of hydrogen-bond donors (Lipinski definition) is 2. The highest BCUT2D eigenvalue weighted by Crippen LogP contribution is 2.24. The van der Waals surface area contributed by atoms with Crippen molar-refractivity contribution in [1.82, 2.24) is 10.8 Å². The zero-order valence-corrected chi connectivity index (χ0v) is 9.98. The molecule has 0 aromatic heterocycles. The number of aliphatic imine (C=N–C) groups is 1. The minimum atomic E-state index is 0.291. The van der Waals surface area contributed by atoms with E-state index < -0.39 is 0 Å². The lowest BCUT2D eigenvalue weighted by atomic mass is 10.2. The second kappa shape index (κ2) is 5.39. The molecule has 0 aliphatic carbocycles. The molecule has 1 aliphatic rings.